The number of hydrogen-bond acceptors (Lipinski definition) is 5. The number of nitriles is 1. The summed E-state index contributed by atoms with van der Waals surface area (Å²) in [6, 6.07) is 11.0. The van der Waals surface area contributed by atoms with E-state index in [0.29, 0.717) is 23.7 Å². The molecule has 0 aliphatic rings. The molecule has 0 unspecified atom stereocenters. The van der Waals surface area contributed by atoms with E-state index in [4.69, 9.17) is 14.7 Å². The largest absolute Gasteiger partial charge is 0.497 e. The molecule has 1 heterocycles. The quantitative estimate of drug-likeness (QED) is 0.903. The van der Waals surface area contributed by atoms with Crippen LogP contribution in [0.15, 0.2) is 36.5 Å². The summed E-state index contributed by atoms with van der Waals surface area (Å²) >= 11 is 0. The Morgan fingerprint density at radius 2 is 2.05 bits per heavy atom. The van der Waals surface area contributed by atoms with E-state index in [1.807, 2.05) is 19.2 Å². The van der Waals surface area contributed by atoms with Gasteiger partial charge in [-0.15, -0.1) is 0 Å². The van der Waals surface area contributed by atoms with E-state index >= 15 is 0 Å². The molecule has 1 aromatic carbocycles. The number of nitrogens with one attached hydrogen (secondary N) is 1. The minimum absolute atomic E-state index is 0.384. The first-order valence-corrected chi connectivity index (χ1v) is 6.10. The third-order valence-electron chi connectivity index (χ3n) is 2.73. The second-order valence-corrected chi connectivity index (χ2v) is 4.10. The van der Waals surface area contributed by atoms with Gasteiger partial charge in [-0.25, -0.2) is 4.98 Å². The van der Waals surface area contributed by atoms with E-state index in [2.05, 4.69) is 16.4 Å². The topological polar surface area (TPSA) is 67.2 Å². The average Bonchev–Trinajstić information content (AvgIpc) is 2.53. The fraction of sp³-hybridized carbons (Fsp3) is 0.200. The summed E-state index contributed by atoms with van der Waals surface area (Å²) < 4.78 is 10.8. The first kappa shape index (κ1) is 13.7. The van der Waals surface area contributed by atoms with Crippen molar-refractivity contribution >= 4 is 5.82 Å². The Balaban J connectivity index is 2.08. The fourth-order valence-electron chi connectivity index (χ4n) is 1.66. The molecule has 0 spiro atoms. The van der Waals surface area contributed by atoms with Gasteiger partial charge in [-0.2, -0.15) is 5.26 Å². The number of pyridine rings is 1. The van der Waals surface area contributed by atoms with Crippen LogP contribution in [0.2, 0.25) is 0 Å². The summed E-state index contributed by atoms with van der Waals surface area (Å²) in [7, 11) is 3.37. The molecule has 0 bridgehead atoms. The van der Waals surface area contributed by atoms with Crippen molar-refractivity contribution in [2.75, 3.05) is 19.5 Å². The van der Waals surface area contributed by atoms with Crippen molar-refractivity contribution in [3.8, 4) is 17.6 Å². The number of rotatable bonds is 5. The second-order valence-electron chi connectivity index (χ2n) is 4.10. The second kappa shape index (κ2) is 6.43. The van der Waals surface area contributed by atoms with Crippen LogP contribution in [-0.2, 0) is 6.61 Å². The Kier molecular flexibility index (Phi) is 4.40. The Labute approximate surface area is 117 Å². The highest BCUT2D eigenvalue weighted by atomic mass is 16.5. The molecule has 2 aromatic rings. The molecule has 0 radical (unpaired) electrons. The molecule has 0 aliphatic carbocycles. The lowest BCUT2D eigenvalue weighted by atomic mass is 10.2. The van der Waals surface area contributed by atoms with Gasteiger partial charge in [-0.3, -0.25) is 0 Å². The molecule has 0 atom stereocenters. The van der Waals surface area contributed by atoms with Crippen LogP contribution in [0.25, 0.3) is 0 Å². The van der Waals surface area contributed by atoms with Crippen LogP contribution < -0.4 is 14.8 Å². The van der Waals surface area contributed by atoms with Gasteiger partial charge in [-0.1, -0.05) is 6.07 Å². The first-order chi connectivity index (χ1) is 9.75. The van der Waals surface area contributed by atoms with Gasteiger partial charge in [0, 0.05) is 24.9 Å². The molecule has 5 heteroatoms. The Hall–Kier alpha value is -2.74. The number of nitrogens with zero attached hydrogens (tertiary/aromatic N) is 2. The third-order valence-corrected chi connectivity index (χ3v) is 2.73. The minimum Gasteiger partial charge on any atom is -0.497 e. The maximum absolute atomic E-state index is 8.95. The van der Waals surface area contributed by atoms with Crippen LogP contribution in [0.4, 0.5) is 5.82 Å². The highest BCUT2D eigenvalue weighted by Crippen LogP contribution is 2.23. The van der Waals surface area contributed by atoms with Crippen LogP contribution in [0.1, 0.15) is 11.1 Å². The smallest absolute Gasteiger partial charge is 0.125 e. The van der Waals surface area contributed by atoms with Crippen LogP contribution >= 0.6 is 0 Å². The molecule has 102 valence electrons. The lowest BCUT2D eigenvalue weighted by molar-refractivity contribution is 0.303. The van der Waals surface area contributed by atoms with Crippen molar-refractivity contribution in [2.24, 2.45) is 0 Å². The van der Waals surface area contributed by atoms with E-state index in [1.54, 1.807) is 31.5 Å². The zero-order valence-corrected chi connectivity index (χ0v) is 11.4. The third kappa shape index (κ3) is 3.39. The number of benzene rings is 1. The molecule has 20 heavy (non-hydrogen) atoms. The zero-order valence-electron chi connectivity index (χ0n) is 11.4. The first-order valence-electron chi connectivity index (χ1n) is 6.10. The Morgan fingerprint density at radius 3 is 2.65 bits per heavy atom. The highest BCUT2D eigenvalue weighted by Gasteiger charge is 2.03. The standard InChI is InChI=1S/C15H15N3O2/c1-17-15-4-3-11(9-18-15)10-20-14-6-12(8-16)5-13(7-14)19-2/h3-7,9H,10H2,1-2H3,(H,17,18). The van der Waals surface area contributed by atoms with Gasteiger partial charge in [0.15, 0.2) is 0 Å². The molecule has 0 fully saturated rings. The summed E-state index contributed by atoms with van der Waals surface area (Å²) in [5, 5.41) is 11.9. The van der Waals surface area contributed by atoms with Crippen molar-refractivity contribution in [3.63, 3.8) is 0 Å². The van der Waals surface area contributed by atoms with E-state index in [-0.39, 0.29) is 0 Å². The number of methoxy groups -OCH3 is 1. The fourth-order valence-corrected chi connectivity index (χ4v) is 1.66. The predicted octanol–water partition coefficient (Wildman–Crippen LogP) is 2.58. The summed E-state index contributed by atoms with van der Waals surface area (Å²) in [5.41, 5.74) is 1.45. The summed E-state index contributed by atoms with van der Waals surface area (Å²) in [6.45, 7) is 0.384. The molecular formula is C15H15N3O2. The van der Waals surface area contributed by atoms with Crippen molar-refractivity contribution < 1.29 is 9.47 Å². The van der Waals surface area contributed by atoms with E-state index < -0.39 is 0 Å². The molecule has 1 N–H and O–H groups in total. The minimum atomic E-state index is 0.384. The number of anilines is 1. The molecule has 2 rings (SSSR count). The van der Waals surface area contributed by atoms with Gasteiger partial charge >= 0.3 is 0 Å². The van der Waals surface area contributed by atoms with E-state index in [9.17, 15) is 0 Å². The highest BCUT2D eigenvalue weighted by molar-refractivity contribution is 5.44. The van der Waals surface area contributed by atoms with Gasteiger partial charge in [-0.05, 0) is 18.2 Å². The average molecular weight is 269 g/mol. The van der Waals surface area contributed by atoms with Gasteiger partial charge in [0.1, 0.15) is 23.9 Å². The van der Waals surface area contributed by atoms with Crippen LogP contribution in [0.5, 0.6) is 11.5 Å². The predicted molar refractivity (Wildman–Crippen MR) is 75.8 cm³/mol. The number of aromatic nitrogens is 1. The molecule has 0 amide bonds. The lowest BCUT2D eigenvalue weighted by Crippen LogP contribution is -1.98. The lowest BCUT2D eigenvalue weighted by Gasteiger charge is -2.09. The van der Waals surface area contributed by atoms with Gasteiger partial charge < -0.3 is 14.8 Å². The van der Waals surface area contributed by atoms with Gasteiger partial charge in [0.05, 0.1) is 18.7 Å². The molecule has 0 saturated heterocycles. The molecule has 0 saturated carbocycles. The molecule has 0 aliphatic heterocycles. The SMILES string of the molecule is CNc1ccc(COc2cc(C#N)cc(OC)c2)cn1. The maximum atomic E-state index is 8.95. The normalized spacial score (nSPS) is 9.65. The Bertz CT molecular complexity index is 618. The van der Waals surface area contributed by atoms with Crippen LogP contribution in [0.3, 0.4) is 0 Å². The summed E-state index contributed by atoms with van der Waals surface area (Å²) in [5.74, 6) is 2.00. The van der Waals surface area contributed by atoms with Crippen molar-refractivity contribution in [1.29, 1.82) is 5.26 Å². The van der Waals surface area contributed by atoms with E-state index in [1.165, 1.54) is 0 Å². The van der Waals surface area contributed by atoms with Gasteiger partial charge in [0.2, 0.25) is 0 Å². The zero-order chi connectivity index (χ0) is 14.4. The number of hydrogen-bond donors (Lipinski definition) is 1. The van der Waals surface area contributed by atoms with E-state index in [0.717, 1.165) is 11.4 Å². The summed E-state index contributed by atoms with van der Waals surface area (Å²) in [6.07, 6.45) is 1.75. The molecule has 5 nitrogen and oxygen atoms in total. The van der Waals surface area contributed by atoms with Crippen LogP contribution in [0, 0.1) is 11.3 Å². The van der Waals surface area contributed by atoms with Crippen LogP contribution in [-0.4, -0.2) is 19.1 Å². The van der Waals surface area contributed by atoms with Crippen molar-refractivity contribution in [2.45, 2.75) is 6.61 Å². The molecule has 1 aromatic heterocycles. The van der Waals surface area contributed by atoms with Crippen molar-refractivity contribution in [1.82, 2.24) is 4.98 Å². The number of ether oxygens (including phenoxy) is 2. The Morgan fingerprint density at radius 1 is 1.25 bits per heavy atom. The summed E-state index contributed by atoms with van der Waals surface area (Å²) in [4.78, 5) is 4.21. The maximum Gasteiger partial charge on any atom is 0.125 e. The van der Waals surface area contributed by atoms with Gasteiger partial charge in [0.25, 0.3) is 0 Å². The van der Waals surface area contributed by atoms with Crippen molar-refractivity contribution in [3.05, 3.63) is 47.7 Å². The molecular weight excluding hydrogens is 254 g/mol. The monoisotopic (exact) mass is 269 g/mol.